The highest BCUT2D eigenvalue weighted by Crippen LogP contribution is 2.75. The molecular formula is C44H58O13. The van der Waals surface area contributed by atoms with Crippen LogP contribution in [0.5, 0.6) is 0 Å². The second-order valence-corrected chi connectivity index (χ2v) is 19.3. The molecule has 0 aromatic heterocycles. The minimum Gasteiger partial charge on any atom is -0.458 e. The van der Waals surface area contributed by atoms with Crippen molar-refractivity contribution in [1.82, 2.24) is 0 Å². The Bertz CT molecular complexity index is 1830. The van der Waals surface area contributed by atoms with Crippen LogP contribution in [0.1, 0.15) is 79.2 Å². The molecular weight excluding hydrogens is 736 g/mol. The fourth-order valence-corrected chi connectivity index (χ4v) is 13.0. The van der Waals surface area contributed by atoms with Crippen LogP contribution in [0.3, 0.4) is 0 Å². The molecule has 4 aliphatic carbocycles. The molecule has 9 aliphatic rings. The molecule has 4 saturated heterocycles. The van der Waals surface area contributed by atoms with Gasteiger partial charge >= 0.3 is 17.9 Å². The van der Waals surface area contributed by atoms with Crippen LogP contribution in [-0.2, 0) is 44.0 Å². The molecule has 5 heterocycles. The molecule has 4 saturated carbocycles. The minimum absolute atomic E-state index is 0.0620. The summed E-state index contributed by atoms with van der Waals surface area (Å²) in [6.07, 6.45) is 1.15. The summed E-state index contributed by atoms with van der Waals surface area (Å²) in [5.74, 6) is -6.33. The third-order valence-corrected chi connectivity index (χ3v) is 15.8. The second-order valence-electron chi connectivity index (χ2n) is 19.3. The van der Waals surface area contributed by atoms with Crippen LogP contribution in [0.2, 0.25) is 0 Å². The average molecular weight is 795 g/mol. The largest absolute Gasteiger partial charge is 0.458 e. The lowest BCUT2D eigenvalue weighted by Gasteiger charge is -2.74. The highest BCUT2D eigenvalue weighted by Gasteiger charge is 2.91. The summed E-state index contributed by atoms with van der Waals surface area (Å²) in [4.78, 5) is 26.7. The SMILES string of the molecule is CC(C)CC(=O)O[C@H]1/C=C\C=C\C(=O)O[C@H]2[C@@H](C)C[C@@H]3[C@]2(O)[C@H](O)[C@@]2(CO)O[C@H]2[C@H]2[C@H]4OC5(c6ccccc6)O[C@@H]([C@@H](C)[C@@]23O5)[C@@]4(O)[C@](C)(O)C[C@H]2CC[C@H]1[C@H]2C. The van der Waals surface area contributed by atoms with Gasteiger partial charge in [0, 0.05) is 41.7 Å². The number of aliphatic hydroxyl groups excluding tert-OH is 2. The van der Waals surface area contributed by atoms with Crippen LogP contribution < -0.4 is 0 Å². The number of hydrogen-bond donors (Lipinski definition) is 5. The number of aliphatic hydroxyl groups is 5. The van der Waals surface area contributed by atoms with Crippen molar-refractivity contribution < 1.29 is 63.5 Å². The fourth-order valence-electron chi connectivity index (χ4n) is 13.0. The highest BCUT2D eigenvalue weighted by molar-refractivity contribution is 5.82. The predicted molar refractivity (Wildman–Crippen MR) is 200 cm³/mol. The normalized spacial score (nSPS) is 54.4. The maximum atomic E-state index is 13.7. The van der Waals surface area contributed by atoms with E-state index < -0.39 is 107 Å². The third-order valence-electron chi connectivity index (χ3n) is 15.8. The maximum absolute atomic E-state index is 13.7. The van der Waals surface area contributed by atoms with Gasteiger partial charge in [0.15, 0.2) is 0 Å². The van der Waals surface area contributed by atoms with Crippen LogP contribution in [-0.4, -0.2) is 109 Å². The molecule has 5 aliphatic heterocycles. The van der Waals surface area contributed by atoms with E-state index in [9.17, 15) is 35.1 Å². The van der Waals surface area contributed by atoms with Crippen LogP contribution >= 0.6 is 0 Å². The van der Waals surface area contributed by atoms with Gasteiger partial charge in [-0.2, -0.15) is 0 Å². The van der Waals surface area contributed by atoms with Crippen molar-refractivity contribution in [3.63, 3.8) is 0 Å². The molecule has 10 rings (SSSR count). The summed E-state index contributed by atoms with van der Waals surface area (Å²) in [5.41, 5.74) is -8.82. The number of benzene rings is 1. The molecule has 1 spiro atoms. The smallest absolute Gasteiger partial charge is 0.331 e. The molecule has 8 fully saturated rings. The fraction of sp³-hybridized carbons (Fsp3) is 0.727. The Balaban J connectivity index is 1.22. The number of ether oxygens (including phenoxy) is 6. The zero-order chi connectivity index (χ0) is 40.7. The van der Waals surface area contributed by atoms with Gasteiger partial charge < -0.3 is 54.0 Å². The van der Waals surface area contributed by atoms with Crippen molar-refractivity contribution >= 4 is 11.9 Å². The molecule has 10 bridgehead atoms. The average Bonchev–Trinajstić information content (AvgIpc) is 3.72. The number of carbonyl (C=O) groups is 2. The maximum Gasteiger partial charge on any atom is 0.331 e. The van der Waals surface area contributed by atoms with Crippen molar-refractivity contribution in [3.8, 4) is 0 Å². The lowest BCUT2D eigenvalue weighted by molar-refractivity contribution is -0.595. The van der Waals surface area contributed by atoms with Crippen molar-refractivity contribution in [3.05, 3.63) is 60.2 Å². The molecule has 57 heavy (non-hydrogen) atoms. The Hall–Kier alpha value is -2.72. The standard InChI is InChI=1S/C44H58O13/c1-22(2)18-32(47)52-29-14-10-11-15-31(46)53-34-23(3)19-30-41(34,50)38(48)40(21-45)36(54-40)33-37-43(51,39(6,49)20-26-16-17-28(29)24(26)4)35-25(5)42(30,33)57-44(55-35,56-37)27-12-8-7-9-13-27/h7-15,22-26,28-30,33-38,45,48-51H,16-21H2,1-6H3/b14-10-,15-11+/t23-,24-,25+,26+,28-,29-,30+,33-,34-,35-,36-,37+,38+,39+,40-,41+,42-,43-,44?/m0/s1. The van der Waals surface area contributed by atoms with E-state index >= 15 is 0 Å². The molecule has 312 valence electrons. The molecule has 13 nitrogen and oxygen atoms in total. The molecule has 1 aromatic carbocycles. The first-order chi connectivity index (χ1) is 26.9. The van der Waals surface area contributed by atoms with E-state index in [1.807, 2.05) is 45.9 Å². The summed E-state index contributed by atoms with van der Waals surface area (Å²) in [6, 6.07) is 9.04. The molecule has 0 amide bonds. The topological polar surface area (TPSA) is 194 Å². The van der Waals surface area contributed by atoms with Gasteiger partial charge in [0.25, 0.3) is 0 Å². The second kappa shape index (κ2) is 13.1. The van der Waals surface area contributed by atoms with Gasteiger partial charge in [-0.3, -0.25) is 4.79 Å². The van der Waals surface area contributed by atoms with E-state index in [1.54, 1.807) is 31.2 Å². The Labute approximate surface area is 333 Å². The summed E-state index contributed by atoms with van der Waals surface area (Å²) >= 11 is 0. The summed E-state index contributed by atoms with van der Waals surface area (Å²) < 4.78 is 39.5. The van der Waals surface area contributed by atoms with E-state index in [4.69, 9.17) is 28.4 Å². The Morgan fingerprint density at radius 1 is 0.965 bits per heavy atom. The number of allylic oxidation sites excluding steroid dienone is 2. The molecule has 1 aromatic rings. The number of epoxide rings is 1. The number of hydrogen-bond acceptors (Lipinski definition) is 13. The van der Waals surface area contributed by atoms with Gasteiger partial charge in [0.05, 0.1) is 17.8 Å². The van der Waals surface area contributed by atoms with Gasteiger partial charge in [-0.25, -0.2) is 4.79 Å². The van der Waals surface area contributed by atoms with E-state index in [2.05, 4.69) is 6.92 Å². The first-order valence-corrected chi connectivity index (χ1v) is 20.9. The molecule has 5 N–H and O–H groups in total. The van der Waals surface area contributed by atoms with Crippen molar-refractivity contribution in [1.29, 1.82) is 0 Å². The number of esters is 2. The summed E-state index contributed by atoms with van der Waals surface area (Å²) in [5, 5.41) is 63.3. The summed E-state index contributed by atoms with van der Waals surface area (Å²) in [7, 11) is 0. The van der Waals surface area contributed by atoms with Crippen molar-refractivity contribution in [2.75, 3.05) is 6.61 Å². The monoisotopic (exact) mass is 794 g/mol. The lowest BCUT2D eigenvalue weighted by Crippen LogP contribution is -2.89. The third kappa shape index (κ3) is 5.26. The molecule has 13 heteroatoms. The van der Waals surface area contributed by atoms with E-state index in [0.29, 0.717) is 18.4 Å². The van der Waals surface area contributed by atoms with Crippen molar-refractivity contribution in [2.45, 2.75) is 144 Å². The minimum atomic E-state index is -2.21. The Morgan fingerprint density at radius 2 is 1.68 bits per heavy atom. The van der Waals surface area contributed by atoms with Gasteiger partial charge in [-0.15, -0.1) is 0 Å². The summed E-state index contributed by atoms with van der Waals surface area (Å²) in [6.45, 7) is 10.6. The number of rotatable bonds is 5. The lowest BCUT2D eigenvalue weighted by atomic mass is 9.49. The molecule has 19 atom stereocenters. The van der Waals surface area contributed by atoms with E-state index in [1.165, 1.54) is 12.2 Å². The Kier molecular flexibility index (Phi) is 9.16. The van der Waals surface area contributed by atoms with Crippen LogP contribution in [0.25, 0.3) is 0 Å². The number of carbonyl (C=O) groups excluding carboxylic acids is 2. The molecule has 1 unspecified atom stereocenters. The van der Waals surface area contributed by atoms with Crippen molar-refractivity contribution in [2.24, 2.45) is 47.3 Å². The predicted octanol–water partition coefficient (Wildman–Crippen LogP) is 3.04. The van der Waals surface area contributed by atoms with Crippen LogP contribution in [0, 0.1) is 47.3 Å². The highest BCUT2D eigenvalue weighted by atomic mass is 16.9. The van der Waals surface area contributed by atoms with Crippen LogP contribution in [0.15, 0.2) is 54.6 Å². The Morgan fingerprint density at radius 3 is 2.39 bits per heavy atom. The van der Waals surface area contributed by atoms with Gasteiger partial charge in [-0.1, -0.05) is 77.1 Å². The van der Waals surface area contributed by atoms with Gasteiger partial charge in [-0.05, 0) is 62.4 Å². The zero-order valence-electron chi connectivity index (χ0n) is 33.5. The first-order valence-electron chi connectivity index (χ1n) is 20.9. The first kappa shape index (κ1) is 39.7. The van der Waals surface area contributed by atoms with E-state index in [-0.39, 0.29) is 48.9 Å². The van der Waals surface area contributed by atoms with Crippen LogP contribution in [0.4, 0.5) is 0 Å². The van der Waals surface area contributed by atoms with Gasteiger partial charge in [0.1, 0.15) is 53.4 Å². The quantitative estimate of drug-likeness (QED) is 0.216. The zero-order valence-corrected chi connectivity index (χ0v) is 33.5. The van der Waals surface area contributed by atoms with Gasteiger partial charge in [0.2, 0.25) is 0 Å². The van der Waals surface area contributed by atoms with E-state index in [0.717, 1.165) is 0 Å². The number of fused-ring (bicyclic) bond motifs is 3. The molecule has 0 radical (unpaired) electrons.